The van der Waals surface area contributed by atoms with Crippen LogP contribution in [0.15, 0.2) is 24.3 Å². The summed E-state index contributed by atoms with van der Waals surface area (Å²) in [5.41, 5.74) is 2.47. The van der Waals surface area contributed by atoms with Crippen LogP contribution >= 0.6 is 11.3 Å². The molecule has 0 radical (unpaired) electrons. The quantitative estimate of drug-likeness (QED) is 0.788. The normalized spacial score (nSPS) is 16.9. The Morgan fingerprint density at radius 3 is 2.75 bits per heavy atom. The molecular formula is C18H22N4OS. The lowest BCUT2D eigenvalue weighted by Crippen LogP contribution is -2.26. The smallest absolute Gasteiger partial charge is 0.230 e. The molecule has 2 aromatic heterocycles. The number of aromatic hydroxyl groups is 1. The number of benzene rings is 1. The van der Waals surface area contributed by atoms with Gasteiger partial charge in [-0.05, 0) is 38.4 Å². The number of aryl methyl sites for hydroxylation is 2. The molecule has 0 bridgehead atoms. The van der Waals surface area contributed by atoms with Crippen molar-refractivity contribution in [2.24, 2.45) is 0 Å². The number of hydrogen-bond donors (Lipinski definition) is 1. The van der Waals surface area contributed by atoms with Gasteiger partial charge in [-0.2, -0.15) is 4.52 Å². The Morgan fingerprint density at radius 1 is 1.29 bits per heavy atom. The van der Waals surface area contributed by atoms with Gasteiger partial charge in [0.2, 0.25) is 10.8 Å². The number of thiazole rings is 1. The number of hydrogen-bond acceptors (Lipinski definition) is 5. The largest absolute Gasteiger partial charge is 0.492 e. The topological polar surface area (TPSA) is 53.7 Å². The van der Waals surface area contributed by atoms with Crippen LogP contribution in [-0.4, -0.2) is 37.7 Å². The third-order valence-corrected chi connectivity index (χ3v) is 5.74. The van der Waals surface area contributed by atoms with Crippen LogP contribution in [0.1, 0.15) is 47.6 Å². The minimum Gasteiger partial charge on any atom is -0.492 e. The zero-order valence-corrected chi connectivity index (χ0v) is 14.9. The summed E-state index contributed by atoms with van der Waals surface area (Å²) in [4.78, 5) is 8.70. The summed E-state index contributed by atoms with van der Waals surface area (Å²) >= 11 is 1.55. The van der Waals surface area contributed by atoms with E-state index in [-0.39, 0.29) is 11.9 Å². The summed E-state index contributed by atoms with van der Waals surface area (Å²) in [6, 6.07) is 8.65. The second-order valence-electron chi connectivity index (χ2n) is 6.43. The van der Waals surface area contributed by atoms with Gasteiger partial charge in [-0.25, -0.2) is 4.98 Å². The van der Waals surface area contributed by atoms with Gasteiger partial charge < -0.3 is 5.11 Å². The molecule has 1 N–H and O–H groups in total. The molecule has 1 unspecified atom stereocenters. The molecule has 6 heteroatoms. The van der Waals surface area contributed by atoms with Gasteiger partial charge in [0.1, 0.15) is 0 Å². The van der Waals surface area contributed by atoms with E-state index < -0.39 is 0 Å². The van der Waals surface area contributed by atoms with E-state index in [0.717, 1.165) is 35.2 Å². The van der Waals surface area contributed by atoms with E-state index in [0.29, 0.717) is 0 Å². The van der Waals surface area contributed by atoms with Gasteiger partial charge in [0, 0.05) is 6.42 Å². The Kier molecular flexibility index (Phi) is 4.02. The molecule has 1 saturated heterocycles. The van der Waals surface area contributed by atoms with Crippen molar-refractivity contribution >= 4 is 16.3 Å². The highest BCUT2D eigenvalue weighted by atomic mass is 32.1. The predicted octanol–water partition coefficient (Wildman–Crippen LogP) is 3.55. The molecule has 4 rings (SSSR count). The number of nitrogens with zero attached hydrogens (tertiary/aromatic N) is 4. The monoisotopic (exact) mass is 342 g/mol. The van der Waals surface area contributed by atoms with E-state index in [9.17, 15) is 5.11 Å². The second-order valence-corrected chi connectivity index (χ2v) is 7.43. The van der Waals surface area contributed by atoms with E-state index in [4.69, 9.17) is 0 Å². The summed E-state index contributed by atoms with van der Waals surface area (Å²) < 4.78 is 1.59. The van der Waals surface area contributed by atoms with Crippen molar-refractivity contribution in [1.29, 1.82) is 0 Å². The standard InChI is InChI=1S/C18H22N4OS/c1-3-14-19-18-22(20-14)17(23)16(24-18)15(21-9-4-5-10-21)13-8-6-7-12(2)11-13/h6-8,11,15,23H,3-5,9-10H2,1-2H3. The van der Waals surface area contributed by atoms with E-state index in [2.05, 4.69) is 46.2 Å². The molecule has 3 aromatic rings. The number of likely N-dealkylation sites (tertiary alicyclic amines) is 1. The van der Waals surface area contributed by atoms with Gasteiger partial charge >= 0.3 is 0 Å². The van der Waals surface area contributed by atoms with Crippen LogP contribution in [-0.2, 0) is 6.42 Å². The zero-order valence-electron chi connectivity index (χ0n) is 14.1. The van der Waals surface area contributed by atoms with Crippen LogP contribution in [0, 0.1) is 6.92 Å². The molecule has 1 fully saturated rings. The first-order chi connectivity index (χ1) is 11.7. The van der Waals surface area contributed by atoms with Crippen molar-refractivity contribution in [2.45, 2.75) is 39.2 Å². The third kappa shape index (κ3) is 2.59. The van der Waals surface area contributed by atoms with Crippen molar-refractivity contribution in [1.82, 2.24) is 19.5 Å². The number of aromatic nitrogens is 3. The van der Waals surface area contributed by atoms with Gasteiger partial charge in [0.25, 0.3) is 0 Å². The molecule has 0 saturated carbocycles. The lowest BCUT2D eigenvalue weighted by atomic mass is 10.0. The lowest BCUT2D eigenvalue weighted by Gasteiger charge is -2.27. The average molecular weight is 342 g/mol. The fourth-order valence-corrected chi connectivity index (χ4v) is 4.62. The maximum atomic E-state index is 10.8. The Bertz CT molecular complexity index is 863. The highest BCUT2D eigenvalue weighted by molar-refractivity contribution is 7.17. The first kappa shape index (κ1) is 15.6. The van der Waals surface area contributed by atoms with Gasteiger partial charge in [-0.15, -0.1) is 5.10 Å². The van der Waals surface area contributed by atoms with Gasteiger partial charge in [-0.1, -0.05) is 48.1 Å². The van der Waals surface area contributed by atoms with E-state index in [1.807, 2.05) is 6.92 Å². The molecule has 5 nitrogen and oxygen atoms in total. The van der Waals surface area contributed by atoms with Gasteiger partial charge in [0.15, 0.2) is 5.82 Å². The third-order valence-electron chi connectivity index (χ3n) is 4.67. The number of rotatable bonds is 4. The second kappa shape index (κ2) is 6.18. The summed E-state index contributed by atoms with van der Waals surface area (Å²) in [6.07, 6.45) is 3.20. The summed E-state index contributed by atoms with van der Waals surface area (Å²) in [6.45, 7) is 6.26. The van der Waals surface area contributed by atoms with Crippen LogP contribution in [0.4, 0.5) is 0 Å². The Balaban J connectivity index is 1.83. The van der Waals surface area contributed by atoms with Crippen LogP contribution in [0.5, 0.6) is 5.88 Å². The Hall–Kier alpha value is -1.92. The first-order valence-electron chi connectivity index (χ1n) is 8.55. The first-order valence-corrected chi connectivity index (χ1v) is 9.37. The molecule has 0 aliphatic carbocycles. The molecule has 1 atom stereocenters. The van der Waals surface area contributed by atoms with E-state index >= 15 is 0 Å². The van der Waals surface area contributed by atoms with Crippen LogP contribution in [0.2, 0.25) is 0 Å². The van der Waals surface area contributed by atoms with Crippen LogP contribution in [0.25, 0.3) is 4.96 Å². The van der Waals surface area contributed by atoms with Crippen molar-refractivity contribution in [3.05, 3.63) is 46.1 Å². The highest BCUT2D eigenvalue weighted by Crippen LogP contribution is 2.41. The van der Waals surface area contributed by atoms with E-state index in [1.165, 1.54) is 24.0 Å². The molecule has 24 heavy (non-hydrogen) atoms. The van der Waals surface area contributed by atoms with Crippen molar-refractivity contribution in [3.63, 3.8) is 0 Å². The molecule has 0 amide bonds. The van der Waals surface area contributed by atoms with Gasteiger partial charge in [-0.3, -0.25) is 4.90 Å². The molecule has 3 heterocycles. The maximum Gasteiger partial charge on any atom is 0.230 e. The minimum absolute atomic E-state index is 0.0750. The summed E-state index contributed by atoms with van der Waals surface area (Å²) in [7, 11) is 0. The fraction of sp³-hybridized carbons (Fsp3) is 0.444. The highest BCUT2D eigenvalue weighted by Gasteiger charge is 2.31. The minimum atomic E-state index is 0.0750. The molecule has 126 valence electrons. The summed E-state index contributed by atoms with van der Waals surface area (Å²) in [5.74, 6) is 1.01. The average Bonchev–Trinajstić information content (AvgIpc) is 3.28. The summed E-state index contributed by atoms with van der Waals surface area (Å²) in [5, 5.41) is 15.2. The van der Waals surface area contributed by atoms with Crippen molar-refractivity contribution in [2.75, 3.05) is 13.1 Å². The predicted molar refractivity (Wildman–Crippen MR) is 95.7 cm³/mol. The van der Waals surface area contributed by atoms with E-state index in [1.54, 1.807) is 15.9 Å². The van der Waals surface area contributed by atoms with Crippen molar-refractivity contribution < 1.29 is 5.11 Å². The molecule has 1 aliphatic heterocycles. The fourth-order valence-electron chi connectivity index (χ4n) is 3.49. The SMILES string of the molecule is CCc1nc2sc(C(c3cccc(C)c3)N3CCCC3)c(O)n2n1. The van der Waals surface area contributed by atoms with Crippen molar-refractivity contribution in [3.8, 4) is 5.88 Å². The zero-order chi connectivity index (χ0) is 16.7. The van der Waals surface area contributed by atoms with Gasteiger partial charge in [0.05, 0.1) is 10.9 Å². The maximum absolute atomic E-state index is 10.8. The Morgan fingerprint density at radius 2 is 2.08 bits per heavy atom. The lowest BCUT2D eigenvalue weighted by molar-refractivity contribution is 0.277. The molecular weight excluding hydrogens is 320 g/mol. The van der Waals surface area contributed by atoms with Crippen LogP contribution < -0.4 is 0 Å². The van der Waals surface area contributed by atoms with Crippen LogP contribution in [0.3, 0.4) is 0 Å². The molecule has 1 aromatic carbocycles. The molecule has 1 aliphatic rings. The number of fused-ring (bicyclic) bond motifs is 1. The molecule has 0 spiro atoms. The Labute approximate surface area is 145 Å².